The molecule has 6 nitrogen and oxygen atoms in total. The van der Waals surface area contributed by atoms with Gasteiger partial charge in [-0.15, -0.1) is 0 Å². The van der Waals surface area contributed by atoms with Crippen molar-refractivity contribution in [1.29, 1.82) is 0 Å². The number of amides is 2. The minimum Gasteiger partial charge on any atom is -0.350 e. The van der Waals surface area contributed by atoms with Crippen LogP contribution in [0.3, 0.4) is 0 Å². The van der Waals surface area contributed by atoms with Gasteiger partial charge in [-0.1, -0.05) is 0 Å². The maximum absolute atomic E-state index is 12.5. The number of carbonyl (C=O) groups excluding carboxylic acids is 2. The number of rotatable bonds is 5. The fourth-order valence-electron chi connectivity index (χ4n) is 5.59. The van der Waals surface area contributed by atoms with Crippen LogP contribution in [0.5, 0.6) is 0 Å². The molecule has 1 aromatic rings. The average Bonchev–Trinajstić information content (AvgIpc) is 2.58. The first kappa shape index (κ1) is 17.2. The summed E-state index contributed by atoms with van der Waals surface area (Å²) in [6, 6.07) is 3.25. The molecule has 4 aliphatic rings. The molecule has 0 atom stereocenters. The molecule has 1 aromatic heterocycles. The van der Waals surface area contributed by atoms with Crippen molar-refractivity contribution >= 4 is 17.5 Å². The van der Waals surface area contributed by atoms with Gasteiger partial charge >= 0.3 is 0 Å². The van der Waals surface area contributed by atoms with Crippen molar-refractivity contribution in [3.8, 4) is 0 Å². The highest BCUT2D eigenvalue weighted by Crippen LogP contribution is 2.55. The Morgan fingerprint density at radius 1 is 1.12 bits per heavy atom. The molecule has 0 aliphatic heterocycles. The Morgan fingerprint density at radius 3 is 2.27 bits per heavy atom. The highest BCUT2D eigenvalue weighted by atomic mass is 16.2. The molecule has 4 aliphatic carbocycles. The molecule has 6 heteroatoms. The van der Waals surface area contributed by atoms with Gasteiger partial charge in [-0.05, 0) is 75.3 Å². The van der Waals surface area contributed by atoms with Gasteiger partial charge in [-0.3, -0.25) is 14.6 Å². The largest absolute Gasteiger partial charge is 0.350 e. The molecule has 5 rings (SSSR count). The van der Waals surface area contributed by atoms with E-state index in [0.717, 1.165) is 37.0 Å². The van der Waals surface area contributed by atoms with Crippen molar-refractivity contribution in [1.82, 2.24) is 15.7 Å². The Hall–Kier alpha value is -2.24. The first-order chi connectivity index (χ1) is 12.5. The van der Waals surface area contributed by atoms with Gasteiger partial charge in [0, 0.05) is 29.2 Å². The lowest BCUT2D eigenvalue weighted by Gasteiger charge is -2.56. The molecule has 4 bridgehead atoms. The van der Waals surface area contributed by atoms with E-state index in [1.54, 1.807) is 31.5 Å². The Balaban J connectivity index is 1.31. The van der Waals surface area contributed by atoms with Crippen LogP contribution in [-0.2, 0) is 4.79 Å². The monoisotopic (exact) mass is 354 g/mol. The smallest absolute Gasteiger partial charge is 0.271 e. The van der Waals surface area contributed by atoms with Crippen LogP contribution in [0.15, 0.2) is 29.6 Å². The lowest BCUT2D eigenvalue weighted by Crippen LogP contribution is -2.60. The van der Waals surface area contributed by atoms with Crippen LogP contribution >= 0.6 is 0 Å². The molecule has 2 amide bonds. The van der Waals surface area contributed by atoms with Crippen LogP contribution in [-0.4, -0.2) is 28.0 Å². The summed E-state index contributed by atoms with van der Waals surface area (Å²) < 4.78 is 0. The molecule has 0 aromatic carbocycles. The van der Waals surface area contributed by atoms with E-state index >= 15 is 0 Å². The summed E-state index contributed by atoms with van der Waals surface area (Å²) in [6.45, 7) is 1.77. The summed E-state index contributed by atoms with van der Waals surface area (Å²) in [6.07, 6.45) is 10.8. The molecule has 2 N–H and O–H groups in total. The van der Waals surface area contributed by atoms with Gasteiger partial charge in [0.1, 0.15) is 0 Å². The SMILES string of the molecule is C/C(CC(=O)NC12CC3CC(CC(C3)C1)C2)=N/NC(=O)c1ccncc1. The first-order valence-electron chi connectivity index (χ1n) is 9.56. The van der Waals surface area contributed by atoms with Gasteiger partial charge in [0.25, 0.3) is 5.91 Å². The van der Waals surface area contributed by atoms with Crippen molar-refractivity contribution in [2.45, 2.75) is 57.4 Å². The summed E-state index contributed by atoms with van der Waals surface area (Å²) in [7, 11) is 0. The number of hydrogen-bond acceptors (Lipinski definition) is 4. The van der Waals surface area contributed by atoms with E-state index in [2.05, 4.69) is 20.8 Å². The fourth-order valence-corrected chi connectivity index (χ4v) is 5.59. The van der Waals surface area contributed by atoms with Gasteiger partial charge < -0.3 is 5.32 Å². The van der Waals surface area contributed by atoms with E-state index in [9.17, 15) is 9.59 Å². The van der Waals surface area contributed by atoms with Gasteiger partial charge in [-0.25, -0.2) is 5.43 Å². The predicted octanol–water partition coefficient (Wildman–Crippen LogP) is 2.66. The van der Waals surface area contributed by atoms with Crippen LogP contribution in [0.4, 0.5) is 0 Å². The molecule has 4 saturated carbocycles. The minimum absolute atomic E-state index is 0.0198. The molecule has 26 heavy (non-hydrogen) atoms. The second kappa shape index (κ2) is 6.82. The van der Waals surface area contributed by atoms with E-state index < -0.39 is 0 Å². The number of nitrogens with zero attached hydrogens (tertiary/aromatic N) is 2. The Labute approximate surface area is 153 Å². The third-order valence-corrected chi connectivity index (χ3v) is 6.15. The third kappa shape index (κ3) is 3.64. The average molecular weight is 354 g/mol. The molecule has 0 saturated heterocycles. The maximum Gasteiger partial charge on any atom is 0.271 e. The van der Waals surface area contributed by atoms with Crippen molar-refractivity contribution < 1.29 is 9.59 Å². The number of nitrogens with one attached hydrogen (secondary N) is 2. The molecule has 0 spiro atoms. The fraction of sp³-hybridized carbons (Fsp3) is 0.600. The zero-order valence-electron chi connectivity index (χ0n) is 15.2. The number of hydrazone groups is 1. The van der Waals surface area contributed by atoms with Crippen molar-refractivity contribution in [2.24, 2.45) is 22.9 Å². The third-order valence-electron chi connectivity index (χ3n) is 6.15. The number of hydrogen-bond donors (Lipinski definition) is 2. The zero-order valence-corrected chi connectivity index (χ0v) is 15.2. The quantitative estimate of drug-likeness (QED) is 0.630. The summed E-state index contributed by atoms with van der Waals surface area (Å²) in [5.41, 5.74) is 3.63. The highest BCUT2D eigenvalue weighted by Gasteiger charge is 2.51. The van der Waals surface area contributed by atoms with Crippen LogP contribution < -0.4 is 10.7 Å². The van der Waals surface area contributed by atoms with E-state index in [1.165, 1.54) is 19.3 Å². The van der Waals surface area contributed by atoms with Gasteiger partial charge in [0.2, 0.25) is 5.91 Å². The van der Waals surface area contributed by atoms with Crippen molar-refractivity contribution in [3.63, 3.8) is 0 Å². The molecule has 138 valence electrons. The normalized spacial score (nSPS) is 32.3. The first-order valence-corrected chi connectivity index (χ1v) is 9.56. The van der Waals surface area contributed by atoms with E-state index in [4.69, 9.17) is 0 Å². The van der Waals surface area contributed by atoms with Crippen LogP contribution in [0.25, 0.3) is 0 Å². The molecule has 1 heterocycles. The lowest BCUT2D eigenvalue weighted by atomic mass is 9.53. The van der Waals surface area contributed by atoms with Gasteiger partial charge in [0.15, 0.2) is 0 Å². The number of pyridine rings is 1. The summed E-state index contributed by atoms with van der Waals surface area (Å²) in [4.78, 5) is 28.4. The summed E-state index contributed by atoms with van der Waals surface area (Å²) in [5.74, 6) is 2.13. The summed E-state index contributed by atoms with van der Waals surface area (Å²) >= 11 is 0. The van der Waals surface area contributed by atoms with Crippen LogP contribution in [0.1, 0.15) is 62.2 Å². The Kier molecular flexibility index (Phi) is 4.51. The Bertz CT molecular complexity index is 693. The standard InChI is InChI=1S/C20H26N4O2/c1-13(23-24-19(26)17-2-4-21-5-3-17)6-18(25)22-20-10-14-7-15(11-20)9-16(8-14)12-20/h2-5,14-16H,6-12H2,1H3,(H,22,25)(H,24,26)/b23-13-. The van der Waals surface area contributed by atoms with E-state index in [0.29, 0.717) is 11.3 Å². The van der Waals surface area contributed by atoms with E-state index in [1.807, 2.05) is 0 Å². The number of carbonyl (C=O) groups is 2. The second-order valence-corrected chi connectivity index (χ2v) is 8.45. The van der Waals surface area contributed by atoms with Crippen LogP contribution in [0, 0.1) is 17.8 Å². The van der Waals surface area contributed by atoms with Crippen LogP contribution in [0.2, 0.25) is 0 Å². The zero-order chi connectivity index (χ0) is 18.1. The highest BCUT2D eigenvalue weighted by molar-refractivity contribution is 6.01. The predicted molar refractivity (Wildman–Crippen MR) is 98.5 cm³/mol. The molecular formula is C20H26N4O2. The van der Waals surface area contributed by atoms with Crippen molar-refractivity contribution in [2.75, 3.05) is 0 Å². The topological polar surface area (TPSA) is 83.5 Å². The minimum atomic E-state index is -0.298. The summed E-state index contributed by atoms with van der Waals surface area (Å²) in [5, 5.41) is 7.40. The van der Waals surface area contributed by atoms with Crippen molar-refractivity contribution in [3.05, 3.63) is 30.1 Å². The molecule has 0 unspecified atom stereocenters. The number of aromatic nitrogens is 1. The van der Waals surface area contributed by atoms with E-state index in [-0.39, 0.29) is 23.8 Å². The van der Waals surface area contributed by atoms with Gasteiger partial charge in [0.05, 0.1) is 6.42 Å². The maximum atomic E-state index is 12.5. The van der Waals surface area contributed by atoms with Gasteiger partial charge in [-0.2, -0.15) is 5.10 Å². The Morgan fingerprint density at radius 2 is 1.69 bits per heavy atom. The lowest BCUT2D eigenvalue weighted by molar-refractivity contribution is -0.125. The molecule has 0 radical (unpaired) electrons. The molecule has 4 fully saturated rings. The molecular weight excluding hydrogens is 328 g/mol. The second-order valence-electron chi connectivity index (χ2n) is 8.45.